The summed E-state index contributed by atoms with van der Waals surface area (Å²) in [6.45, 7) is 1.64. The van der Waals surface area contributed by atoms with Crippen molar-refractivity contribution in [3.63, 3.8) is 0 Å². The molecule has 36 heavy (non-hydrogen) atoms. The molecule has 1 aromatic heterocycles. The van der Waals surface area contributed by atoms with Gasteiger partial charge in [-0.05, 0) is 48.9 Å². The lowest BCUT2D eigenvalue weighted by atomic mass is 9.99. The first-order chi connectivity index (χ1) is 16.9. The van der Waals surface area contributed by atoms with Gasteiger partial charge in [-0.1, -0.05) is 11.6 Å². The first-order valence-electron chi connectivity index (χ1n) is 10.9. The van der Waals surface area contributed by atoms with Gasteiger partial charge in [-0.2, -0.15) is 13.2 Å². The lowest BCUT2D eigenvalue weighted by Gasteiger charge is -2.38. The molecule has 2 atom stereocenters. The van der Waals surface area contributed by atoms with Crippen LogP contribution in [0.2, 0.25) is 5.02 Å². The minimum atomic E-state index is -4.69. The number of pyridine rings is 1. The number of alkyl halides is 3. The number of fused-ring (bicyclic) bond motifs is 1. The normalized spacial score (nSPS) is 18.2. The van der Waals surface area contributed by atoms with E-state index >= 15 is 0 Å². The zero-order valence-electron chi connectivity index (χ0n) is 18.8. The van der Waals surface area contributed by atoms with Gasteiger partial charge in [0.2, 0.25) is 5.91 Å². The molecule has 0 bridgehead atoms. The number of carbonyl (C=O) groups is 2. The first-order valence-corrected chi connectivity index (χ1v) is 11.2. The highest BCUT2D eigenvalue weighted by atomic mass is 35.5. The molecule has 0 radical (unpaired) electrons. The molecule has 2 N–H and O–H groups in total. The van der Waals surface area contributed by atoms with E-state index in [0.717, 1.165) is 24.3 Å². The average Bonchev–Trinajstić information content (AvgIpc) is 2.80. The number of benzene rings is 2. The third-order valence-corrected chi connectivity index (χ3v) is 6.07. The molecule has 4 rings (SSSR count). The number of hydrogen-bond donors (Lipinski definition) is 2. The number of hydrogen-bond acceptors (Lipinski definition) is 4. The molecule has 190 valence electrons. The summed E-state index contributed by atoms with van der Waals surface area (Å²) in [5.41, 5.74) is -1.000. The number of rotatable bonds is 4. The van der Waals surface area contributed by atoms with Gasteiger partial charge in [0.1, 0.15) is 5.69 Å². The molecule has 1 aliphatic rings. The van der Waals surface area contributed by atoms with E-state index in [1.807, 2.05) is 0 Å². The first kappa shape index (κ1) is 25.6. The number of nitrogens with one attached hydrogen (secondary N) is 2. The molecule has 12 heteroatoms. The van der Waals surface area contributed by atoms with Crippen LogP contribution in [0.25, 0.3) is 10.9 Å². The van der Waals surface area contributed by atoms with Crippen LogP contribution in [-0.4, -0.2) is 46.9 Å². The molecule has 0 aliphatic carbocycles. The van der Waals surface area contributed by atoms with Crippen LogP contribution in [0.15, 0.2) is 42.5 Å². The van der Waals surface area contributed by atoms with Gasteiger partial charge in [-0.15, -0.1) is 0 Å². The largest absolute Gasteiger partial charge is 0.433 e. The smallest absolute Gasteiger partial charge is 0.380 e. The number of aromatic nitrogens is 1. The van der Waals surface area contributed by atoms with Crippen LogP contribution in [-0.2, 0) is 11.0 Å². The third-order valence-electron chi connectivity index (χ3n) is 5.83. The second-order valence-electron chi connectivity index (χ2n) is 8.51. The standard InChI is InChI=1S/C24H20ClF5N4O2/c1-12(35)34-10-15(8-16(11-34)32-23(36)13-2-4-18(26)19(27)6-13)31-21-9-22(24(28,29)30)33-20-5-3-14(25)7-17(20)21/h2-7,9,15-16H,8,10-11H2,1H3,(H,31,33)(H,32,36)/t15-,16+/m1/s1. The topological polar surface area (TPSA) is 74.3 Å². The molecule has 0 spiro atoms. The summed E-state index contributed by atoms with van der Waals surface area (Å²) >= 11 is 6.06. The van der Waals surface area contributed by atoms with Crippen LogP contribution < -0.4 is 10.6 Å². The number of anilines is 1. The van der Waals surface area contributed by atoms with Crippen molar-refractivity contribution in [2.75, 3.05) is 18.4 Å². The molecule has 3 aromatic rings. The van der Waals surface area contributed by atoms with Gasteiger partial charge in [0.05, 0.1) is 5.52 Å². The summed E-state index contributed by atoms with van der Waals surface area (Å²) in [6, 6.07) is 6.73. The number of halogens is 6. The van der Waals surface area contributed by atoms with Gasteiger partial charge >= 0.3 is 6.18 Å². The summed E-state index contributed by atoms with van der Waals surface area (Å²) < 4.78 is 67.2. The van der Waals surface area contributed by atoms with Crippen molar-refractivity contribution in [2.24, 2.45) is 0 Å². The fraction of sp³-hybridized carbons (Fsp3) is 0.292. The van der Waals surface area contributed by atoms with Crippen LogP contribution in [0, 0.1) is 11.6 Å². The monoisotopic (exact) mass is 526 g/mol. The Hall–Kier alpha value is -3.47. The van der Waals surface area contributed by atoms with E-state index in [2.05, 4.69) is 15.6 Å². The maximum atomic E-state index is 13.6. The quantitative estimate of drug-likeness (QED) is 0.468. The number of nitrogens with zero attached hydrogens (tertiary/aromatic N) is 2. The molecule has 1 fully saturated rings. The summed E-state index contributed by atoms with van der Waals surface area (Å²) in [5.74, 6) is -3.25. The second-order valence-corrected chi connectivity index (χ2v) is 8.95. The summed E-state index contributed by atoms with van der Waals surface area (Å²) in [6.07, 6.45) is -4.45. The fourth-order valence-electron chi connectivity index (χ4n) is 4.15. The van der Waals surface area contributed by atoms with Crippen molar-refractivity contribution in [3.05, 3.63) is 70.4 Å². The fourth-order valence-corrected chi connectivity index (χ4v) is 4.33. The highest BCUT2D eigenvalue weighted by molar-refractivity contribution is 6.31. The van der Waals surface area contributed by atoms with E-state index in [1.54, 1.807) is 0 Å². The van der Waals surface area contributed by atoms with E-state index in [-0.39, 0.29) is 42.2 Å². The van der Waals surface area contributed by atoms with E-state index in [4.69, 9.17) is 11.6 Å². The van der Waals surface area contributed by atoms with E-state index in [0.29, 0.717) is 10.4 Å². The molecule has 2 amide bonds. The van der Waals surface area contributed by atoms with Gasteiger partial charge in [0.25, 0.3) is 5.91 Å². The second kappa shape index (κ2) is 9.88. The van der Waals surface area contributed by atoms with E-state index in [9.17, 15) is 31.5 Å². The summed E-state index contributed by atoms with van der Waals surface area (Å²) in [7, 11) is 0. The SMILES string of the molecule is CC(=O)N1C[C@@H](NC(=O)c2ccc(F)c(F)c2)C[C@@H](Nc2cc(C(F)(F)F)nc3ccc(Cl)cc23)C1. The molecular weight excluding hydrogens is 507 g/mol. The third kappa shape index (κ3) is 5.67. The van der Waals surface area contributed by atoms with Gasteiger partial charge < -0.3 is 15.5 Å². The van der Waals surface area contributed by atoms with Crippen molar-refractivity contribution < 1.29 is 31.5 Å². The highest BCUT2D eigenvalue weighted by Crippen LogP contribution is 2.34. The molecule has 2 heterocycles. The van der Waals surface area contributed by atoms with Crippen LogP contribution in [0.3, 0.4) is 0 Å². The zero-order chi connectivity index (χ0) is 26.2. The van der Waals surface area contributed by atoms with Crippen LogP contribution in [0.4, 0.5) is 27.6 Å². The maximum Gasteiger partial charge on any atom is 0.433 e. The van der Waals surface area contributed by atoms with Gasteiger partial charge in [0.15, 0.2) is 11.6 Å². The van der Waals surface area contributed by atoms with Crippen LogP contribution in [0.1, 0.15) is 29.4 Å². The lowest BCUT2D eigenvalue weighted by molar-refractivity contribution is -0.140. The number of piperidine rings is 1. The number of likely N-dealkylation sites (tertiary alicyclic amines) is 1. The molecule has 6 nitrogen and oxygen atoms in total. The van der Waals surface area contributed by atoms with Crippen LogP contribution in [0.5, 0.6) is 0 Å². The predicted molar refractivity (Wildman–Crippen MR) is 124 cm³/mol. The minimum Gasteiger partial charge on any atom is -0.380 e. The van der Waals surface area contributed by atoms with Crippen molar-refractivity contribution in [1.29, 1.82) is 0 Å². The Morgan fingerprint density at radius 2 is 1.75 bits per heavy atom. The van der Waals surface area contributed by atoms with Crippen molar-refractivity contribution >= 4 is 40.0 Å². The van der Waals surface area contributed by atoms with E-state index < -0.39 is 41.5 Å². The van der Waals surface area contributed by atoms with Crippen molar-refractivity contribution in [1.82, 2.24) is 15.2 Å². The van der Waals surface area contributed by atoms with Crippen molar-refractivity contribution in [3.8, 4) is 0 Å². The lowest BCUT2D eigenvalue weighted by Crippen LogP contribution is -2.55. The Bertz CT molecular complexity index is 1330. The van der Waals surface area contributed by atoms with Crippen LogP contribution >= 0.6 is 11.6 Å². The van der Waals surface area contributed by atoms with Gasteiger partial charge in [-0.3, -0.25) is 9.59 Å². The number of carbonyl (C=O) groups excluding carboxylic acids is 2. The average molecular weight is 527 g/mol. The Labute approximate surface area is 207 Å². The Balaban J connectivity index is 1.61. The summed E-state index contributed by atoms with van der Waals surface area (Å²) in [4.78, 5) is 29.9. The molecule has 0 unspecified atom stereocenters. The Kier molecular flexibility index (Phi) is 7.03. The predicted octanol–water partition coefficient (Wildman–Crippen LogP) is 5.02. The molecule has 1 saturated heterocycles. The molecule has 1 aliphatic heterocycles. The van der Waals surface area contributed by atoms with Gasteiger partial charge in [-0.25, -0.2) is 13.8 Å². The molecule has 2 aromatic carbocycles. The highest BCUT2D eigenvalue weighted by Gasteiger charge is 2.35. The summed E-state index contributed by atoms with van der Waals surface area (Å²) in [5, 5.41) is 6.41. The Morgan fingerprint density at radius 1 is 1.03 bits per heavy atom. The van der Waals surface area contributed by atoms with E-state index in [1.165, 1.54) is 30.0 Å². The minimum absolute atomic E-state index is 0.0825. The maximum absolute atomic E-state index is 13.6. The Morgan fingerprint density at radius 3 is 2.42 bits per heavy atom. The molecule has 0 saturated carbocycles. The zero-order valence-corrected chi connectivity index (χ0v) is 19.6. The molecular formula is C24H20ClF5N4O2. The number of amides is 2. The van der Waals surface area contributed by atoms with Gasteiger partial charge in [0, 0.05) is 53.8 Å². The van der Waals surface area contributed by atoms with Crippen molar-refractivity contribution in [2.45, 2.75) is 31.6 Å².